The second-order valence-electron chi connectivity index (χ2n) is 8.06. The molecule has 1 heterocycles. The Labute approximate surface area is 185 Å². The number of halogens is 3. The van der Waals surface area contributed by atoms with E-state index in [1.165, 1.54) is 12.1 Å². The second-order valence-corrected chi connectivity index (χ2v) is 8.06. The van der Waals surface area contributed by atoms with Crippen molar-refractivity contribution in [1.82, 2.24) is 20.4 Å². The van der Waals surface area contributed by atoms with E-state index in [0.29, 0.717) is 26.2 Å². The van der Waals surface area contributed by atoms with Crippen LogP contribution in [0.2, 0.25) is 0 Å². The maximum Gasteiger partial charge on any atom is 0.416 e. The number of hydrogen-bond donors (Lipinski definition) is 3. The zero-order chi connectivity index (χ0) is 24.1. The van der Waals surface area contributed by atoms with E-state index in [9.17, 15) is 27.6 Å². The summed E-state index contributed by atoms with van der Waals surface area (Å²) in [6.07, 6.45) is -4.53. The van der Waals surface area contributed by atoms with E-state index >= 15 is 0 Å². The van der Waals surface area contributed by atoms with Gasteiger partial charge in [-0.3, -0.25) is 4.79 Å². The predicted molar refractivity (Wildman–Crippen MR) is 114 cm³/mol. The molecule has 2 unspecified atom stereocenters. The molecule has 2 atom stereocenters. The average Bonchev–Trinajstić information content (AvgIpc) is 2.71. The lowest BCUT2D eigenvalue weighted by Gasteiger charge is -2.41. The molecular weight excluding hydrogens is 427 g/mol. The number of hydrogen-bond acceptors (Lipinski definition) is 3. The Morgan fingerprint density at radius 2 is 1.88 bits per heavy atom. The zero-order valence-electron chi connectivity index (χ0n) is 18.6. The van der Waals surface area contributed by atoms with Crippen molar-refractivity contribution in [3.63, 3.8) is 0 Å². The third kappa shape index (κ3) is 6.51. The van der Waals surface area contributed by atoms with Gasteiger partial charge in [-0.05, 0) is 38.0 Å². The van der Waals surface area contributed by atoms with Crippen LogP contribution < -0.4 is 16.0 Å². The summed E-state index contributed by atoms with van der Waals surface area (Å²) in [6.45, 7) is 8.70. The minimum absolute atomic E-state index is 0.0311. The number of nitrogens with zero attached hydrogens (tertiary/aromatic N) is 2. The van der Waals surface area contributed by atoms with Gasteiger partial charge in [0, 0.05) is 37.9 Å². The number of piperazine rings is 1. The first-order valence-corrected chi connectivity index (χ1v) is 10.5. The fourth-order valence-corrected chi connectivity index (χ4v) is 3.50. The smallest absolute Gasteiger partial charge is 0.338 e. The number of anilines is 1. The van der Waals surface area contributed by atoms with Gasteiger partial charge in [0.2, 0.25) is 5.91 Å². The van der Waals surface area contributed by atoms with Crippen molar-refractivity contribution in [3.05, 3.63) is 29.8 Å². The van der Waals surface area contributed by atoms with Gasteiger partial charge in [0.25, 0.3) is 0 Å². The van der Waals surface area contributed by atoms with Crippen LogP contribution in [0.3, 0.4) is 0 Å². The van der Waals surface area contributed by atoms with Crippen LogP contribution in [0.5, 0.6) is 0 Å². The monoisotopic (exact) mass is 457 g/mol. The van der Waals surface area contributed by atoms with Crippen molar-refractivity contribution < 1.29 is 27.6 Å². The van der Waals surface area contributed by atoms with E-state index < -0.39 is 23.8 Å². The van der Waals surface area contributed by atoms with E-state index in [2.05, 4.69) is 16.0 Å². The fourth-order valence-electron chi connectivity index (χ4n) is 3.50. The molecule has 1 aromatic rings. The highest BCUT2D eigenvalue weighted by atomic mass is 19.4. The lowest BCUT2D eigenvalue weighted by Crippen LogP contribution is -2.61. The molecule has 1 aliphatic rings. The van der Waals surface area contributed by atoms with Crippen LogP contribution in [0.4, 0.5) is 28.4 Å². The number of rotatable bonds is 5. The molecule has 1 aromatic carbocycles. The summed E-state index contributed by atoms with van der Waals surface area (Å²) in [4.78, 5) is 40.9. The van der Waals surface area contributed by atoms with E-state index in [1.807, 2.05) is 13.8 Å². The second kappa shape index (κ2) is 10.6. The van der Waals surface area contributed by atoms with E-state index in [-0.39, 0.29) is 29.6 Å². The van der Waals surface area contributed by atoms with Gasteiger partial charge in [-0.1, -0.05) is 19.9 Å². The SMILES string of the molecule is CCNC(=O)N1CCN(C(=O)C(NC(=O)Nc2cccc(C(F)(F)F)c2)C(C)C)CC1C. The highest BCUT2D eigenvalue weighted by molar-refractivity contribution is 5.94. The van der Waals surface area contributed by atoms with Crippen molar-refractivity contribution in [2.45, 2.75) is 46.0 Å². The number of alkyl halides is 3. The van der Waals surface area contributed by atoms with E-state index in [4.69, 9.17) is 0 Å². The van der Waals surface area contributed by atoms with E-state index in [0.717, 1.165) is 12.1 Å². The van der Waals surface area contributed by atoms with Gasteiger partial charge >= 0.3 is 18.2 Å². The molecule has 32 heavy (non-hydrogen) atoms. The Morgan fingerprint density at radius 1 is 1.19 bits per heavy atom. The summed E-state index contributed by atoms with van der Waals surface area (Å²) >= 11 is 0. The summed E-state index contributed by atoms with van der Waals surface area (Å²) in [5.41, 5.74) is -0.915. The lowest BCUT2D eigenvalue weighted by molar-refractivity contribution is -0.137. The van der Waals surface area contributed by atoms with Gasteiger partial charge in [-0.25, -0.2) is 9.59 Å². The molecule has 0 aliphatic carbocycles. The highest BCUT2D eigenvalue weighted by Crippen LogP contribution is 2.30. The fraction of sp³-hybridized carbons (Fsp3) is 0.571. The van der Waals surface area contributed by atoms with Crippen molar-refractivity contribution in [1.29, 1.82) is 0 Å². The number of nitrogens with one attached hydrogen (secondary N) is 3. The third-order valence-electron chi connectivity index (χ3n) is 5.20. The molecule has 3 N–H and O–H groups in total. The van der Waals surface area contributed by atoms with Gasteiger partial charge in [-0.2, -0.15) is 13.2 Å². The molecule has 0 saturated carbocycles. The van der Waals surface area contributed by atoms with Crippen molar-refractivity contribution in [2.24, 2.45) is 5.92 Å². The summed E-state index contributed by atoms with van der Waals surface area (Å²) in [5, 5.41) is 7.68. The summed E-state index contributed by atoms with van der Waals surface area (Å²) in [7, 11) is 0. The molecule has 1 aliphatic heterocycles. The molecule has 11 heteroatoms. The third-order valence-corrected chi connectivity index (χ3v) is 5.20. The van der Waals surface area contributed by atoms with Crippen LogP contribution in [0.25, 0.3) is 0 Å². The van der Waals surface area contributed by atoms with Crippen molar-refractivity contribution >= 4 is 23.7 Å². The predicted octanol–water partition coefficient (Wildman–Crippen LogP) is 3.11. The van der Waals surface area contributed by atoms with Gasteiger partial charge in [-0.15, -0.1) is 0 Å². The maximum absolute atomic E-state index is 13.1. The largest absolute Gasteiger partial charge is 0.416 e. The van der Waals surface area contributed by atoms with Crippen LogP contribution in [0.15, 0.2) is 24.3 Å². The van der Waals surface area contributed by atoms with Gasteiger partial charge in [0.15, 0.2) is 0 Å². The number of amides is 5. The Balaban J connectivity index is 2.02. The van der Waals surface area contributed by atoms with E-state index in [1.54, 1.807) is 23.6 Å². The molecule has 0 radical (unpaired) electrons. The molecule has 0 spiro atoms. The van der Waals surface area contributed by atoms with Crippen LogP contribution in [-0.2, 0) is 11.0 Å². The minimum atomic E-state index is -4.53. The number of carbonyl (C=O) groups excluding carboxylic acids is 3. The highest BCUT2D eigenvalue weighted by Gasteiger charge is 2.35. The first-order chi connectivity index (χ1) is 14.9. The first-order valence-electron chi connectivity index (χ1n) is 10.5. The summed E-state index contributed by atoms with van der Waals surface area (Å²) in [6, 6.07) is 2.23. The zero-order valence-corrected chi connectivity index (χ0v) is 18.6. The molecule has 2 rings (SSSR count). The summed E-state index contributed by atoms with van der Waals surface area (Å²) < 4.78 is 38.6. The Hall–Kier alpha value is -2.98. The average molecular weight is 457 g/mol. The summed E-state index contributed by atoms with van der Waals surface area (Å²) in [5.74, 6) is -0.562. The normalized spacial score (nSPS) is 17.7. The van der Waals surface area contributed by atoms with Gasteiger partial charge in [0.1, 0.15) is 6.04 Å². The minimum Gasteiger partial charge on any atom is -0.338 e. The van der Waals surface area contributed by atoms with Crippen LogP contribution in [0.1, 0.15) is 33.3 Å². The molecular formula is C21H30F3N5O3. The Bertz CT molecular complexity index is 831. The standard InChI is InChI=1S/C21H30F3N5O3/c1-5-25-20(32)29-10-9-28(12-14(29)4)18(30)17(13(2)3)27-19(31)26-16-8-6-7-15(11-16)21(22,23)24/h6-8,11,13-14,17H,5,9-10,12H2,1-4H3,(H,25,32)(H2,26,27,31). The number of benzene rings is 1. The lowest BCUT2D eigenvalue weighted by atomic mass is 10.0. The van der Waals surface area contributed by atoms with Gasteiger partial charge in [0.05, 0.1) is 5.56 Å². The van der Waals surface area contributed by atoms with Crippen LogP contribution >= 0.6 is 0 Å². The topological polar surface area (TPSA) is 93.8 Å². The van der Waals surface area contributed by atoms with Gasteiger partial charge < -0.3 is 25.8 Å². The van der Waals surface area contributed by atoms with Crippen molar-refractivity contribution in [3.8, 4) is 0 Å². The number of carbonyl (C=O) groups is 3. The first kappa shape index (κ1) is 25.3. The van der Waals surface area contributed by atoms with Crippen LogP contribution in [-0.4, -0.2) is 66.0 Å². The molecule has 8 nitrogen and oxygen atoms in total. The molecule has 5 amide bonds. The molecule has 178 valence electrons. The molecule has 1 fully saturated rings. The molecule has 1 saturated heterocycles. The molecule has 0 bridgehead atoms. The maximum atomic E-state index is 13.1. The van der Waals surface area contributed by atoms with Crippen LogP contribution in [0, 0.1) is 5.92 Å². The van der Waals surface area contributed by atoms with Crippen molar-refractivity contribution in [2.75, 3.05) is 31.5 Å². The number of urea groups is 2. The quantitative estimate of drug-likeness (QED) is 0.634. The Morgan fingerprint density at radius 3 is 2.44 bits per heavy atom. The Kier molecular flexibility index (Phi) is 8.34. The molecule has 0 aromatic heterocycles.